The summed E-state index contributed by atoms with van der Waals surface area (Å²) in [5.74, 6) is -1.50. The van der Waals surface area contributed by atoms with Gasteiger partial charge in [0.25, 0.3) is 5.91 Å². The van der Waals surface area contributed by atoms with Crippen LogP contribution in [0.5, 0.6) is 5.75 Å². The number of aromatic hydroxyl groups is 1. The second-order valence-corrected chi connectivity index (χ2v) is 4.91. The lowest BCUT2D eigenvalue weighted by molar-refractivity contribution is -0.138. The fraction of sp³-hybridized carbons (Fsp3) is 0.125. The van der Waals surface area contributed by atoms with Crippen molar-refractivity contribution in [1.29, 1.82) is 0 Å². The number of aliphatic carboxylic acids is 1. The van der Waals surface area contributed by atoms with Crippen LogP contribution in [0.3, 0.4) is 0 Å². The minimum Gasteiger partial charge on any atom is -0.508 e. The molecule has 0 radical (unpaired) electrons. The minimum absolute atomic E-state index is 0.0276. The van der Waals surface area contributed by atoms with Gasteiger partial charge in [-0.25, -0.2) is 4.79 Å². The molecule has 1 aliphatic heterocycles. The molecule has 0 bridgehead atoms. The average Bonchev–Trinajstić information content (AvgIpc) is 2.86. The second-order valence-electron chi connectivity index (χ2n) is 4.91. The molecule has 0 unspecified atom stereocenters. The van der Waals surface area contributed by atoms with Crippen LogP contribution in [0.25, 0.3) is 0 Å². The molecule has 2 N–H and O–H groups in total. The molecule has 1 amide bonds. The van der Waals surface area contributed by atoms with Crippen molar-refractivity contribution in [2.45, 2.75) is 12.5 Å². The molecule has 0 saturated carbocycles. The Labute approximate surface area is 121 Å². The van der Waals surface area contributed by atoms with E-state index in [9.17, 15) is 19.8 Å². The molecule has 2 aromatic carbocycles. The quantitative estimate of drug-likeness (QED) is 0.884. The van der Waals surface area contributed by atoms with Gasteiger partial charge in [-0.1, -0.05) is 24.3 Å². The maximum absolute atomic E-state index is 12.6. The molecule has 5 nitrogen and oxygen atoms in total. The van der Waals surface area contributed by atoms with Crippen molar-refractivity contribution < 1.29 is 19.8 Å². The van der Waals surface area contributed by atoms with Crippen LogP contribution in [0.4, 0.5) is 5.69 Å². The van der Waals surface area contributed by atoms with Crippen molar-refractivity contribution >= 4 is 17.6 Å². The Bertz CT molecular complexity index is 726. The first kappa shape index (κ1) is 13.2. The van der Waals surface area contributed by atoms with Gasteiger partial charge in [-0.3, -0.25) is 9.69 Å². The molecular formula is C16H13NO4. The predicted octanol–water partition coefficient (Wildman–Crippen LogP) is 2.05. The average molecular weight is 283 g/mol. The van der Waals surface area contributed by atoms with Crippen LogP contribution in [0, 0.1) is 0 Å². The lowest BCUT2D eigenvalue weighted by Gasteiger charge is -2.22. The number of phenols is 1. The van der Waals surface area contributed by atoms with Gasteiger partial charge >= 0.3 is 5.97 Å². The van der Waals surface area contributed by atoms with E-state index in [2.05, 4.69) is 0 Å². The summed E-state index contributed by atoms with van der Waals surface area (Å²) in [6, 6.07) is 12.1. The number of nitrogens with zero attached hydrogens (tertiary/aromatic N) is 1. The Balaban J connectivity index is 2.05. The molecular weight excluding hydrogens is 270 g/mol. The van der Waals surface area contributed by atoms with E-state index < -0.39 is 17.9 Å². The Kier molecular flexibility index (Phi) is 3.10. The minimum atomic E-state index is -1.04. The zero-order chi connectivity index (χ0) is 15.0. The van der Waals surface area contributed by atoms with Gasteiger partial charge in [-0.2, -0.15) is 0 Å². The fourth-order valence-electron chi connectivity index (χ4n) is 2.61. The van der Waals surface area contributed by atoms with Gasteiger partial charge in [0.1, 0.15) is 11.8 Å². The van der Waals surface area contributed by atoms with Gasteiger partial charge in [0.05, 0.1) is 0 Å². The SMILES string of the molecule is O=C(O)[C@@H]1Cc2ccccc2N1C(=O)c1cccc(O)c1. The van der Waals surface area contributed by atoms with Crippen molar-refractivity contribution in [2.75, 3.05) is 4.90 Å². The number of carbonyl (C=O) groups excluding carboxylic acids is 1. The lowest BCUT2D eigenvalue weighted by atomic mass is 10.1. The highest BCUT2D eigenvalue weighted by Crippen LogP contribution is 2.33. The summed E-state index contributed by atoms with van der Waals surface area (Å²) in [6.07, 6.45) is 0.288. The number of para-hydroxylation sites is 1. The topological polar surface area (TPSA) is 77.8 Å². The highest BCUT2D eigenvalue weighted by Gasteiger charge is 2.38. The van der Waals surface area contributed by atoms with Gasteiger partial charge in [-0.05, 0) is 29.8 Å². The third kappa shape index (κ3) is 2.23. The third-order valence-electron chi connectivity index (χ3n) is 3.57. The number of benzene rings is 2. The van der Waals surface area contributed by atoms with Gasteiger partial charge in [-0.15, -0.1) is 0 Å². The highest BCUT2D eigenvalue weighted by molar-refractivity contribution is 6.11. The van der Waals surface area contributed by atoms with E-state index in [1.54, 1.807) is 24.3 Å². The molecule has 0 spiro atoms. The van der Waals surface area contributed by atoms with Gasteiger partial charge in [0.2, 0.25) is 0 Å². The van der Waals surface area contributed by atoms with E-state index in [4.69, 9.17) is 0 Å². The van der Waals surface area contributed by atoms with E-state index >= 15 is 0 Å². The van der Waals surface area contributed by atoms with Crippen LogP contribution < -0.4 is 4.90 Å². The fourth-order valence-corrected chi connectivity index (χ4v) is 2.61. The van der Waals surface area contributed by atoms with Gasteiger partial charge in [0.15, 0.2) is 0 Å². The first-order valence-electron chi connectivity index (χ1n) is 6.51. The first-order valence-corrected chi connectivity index (χ1v) is 6.51. The Morgan fingerprint density at radius 3 is 2.57 bits per heavy atom. The molecule has 1 heterocycles. The maximum Gasteiger partial charge on any atom is 0.327 e. The summed E-state index contributed by atoms with van der Waals surface area (Å²) in [5, 5.41) is 18.9. The normalized spacial score (nSPS) is 16.6. The monoisotopic (exact) mass is 283 g/mol. The molecule has 0 aromatic heterocycles. The van der Waals surface area contributed by atoms with E-state index in [0.717, 1.165) is 5.56 Å². The van der Waals surface area contributed by atoms with Crippen molar-refractivity contribution in [2.24, 2.45) is 0 Å². The van der Waals surface area contributed by atoms with Crippen molar-refractivity contribution in [1.82, 2.24) is 0 Å². The van der Waals surface area contributed by atoms with Crippen LogP contribution in [0.2, 0.25) is 0 Å². The summed E-state index contributed by atoms with van der Waals surface area (Å²) in [6.45, 7) is 0. The van der Waals surface area contributed by atoms with Crippen LogP contribution in [0.15, 0.2) is 48.5 Å². The molecule has 2 aromatic rings. The van der Waals surface area contributed by atoms with Crippen molar-refractivity contribution in [3.05, 3.63) is 59.7 Å². The molecule has 106 valence electrons. The lowest BCUT2D eigenvalue weighted by Crippen LogP contribution is -2.42. The standard InChI is InChI=1S/C16H13NO4/c18-12-6-3-5-11(8-12)15(19)17-13-7-2-1-4-10(13)9-14(17)16(20)21/h1-8,14,18H,9H2,(H,20,21)/t14-/m0/s1. The second kappa shape index (κ2) is 4.94. The van der Waals surface area contributed by atoms with Gasteiger partial charge in [0, 0.05) is 17.7 Å². The molecule has 1 aliphatic rings. The van der Waals surface area contributed by atoms with E-state index in [-0.39, 0.29) is 17.7 Å². The van der Waals surface area contributed by atoms with E-state index in [1.807, 2.05) is 12.1 Å². The largest absolute Gasteiger partial charge is 0.508 e. The van der Waals surface area contributed by atoms with Crippen LogP contribution in [0.1, 0.15) is 15.9 Å². The van der Waals surface area contributed by atoms with Crippen LogP contribution >= 0.6 is 0 Å². The van der Waals surface area contributed by atoms with Crippen molar-refractivity contribution in [3.8, 4) is 5.75 Å². The Morgan fingerprint density at radius 2 is 1.86 bits per heavy atom. The number of carbonyl (C=O) groups is 2. The maximum atomic E-state index is 12.6. The number of rotatable bonds is 2. The Morgan fingerprint density at radius 1 is 1.10 bits per heavy atom. The number of anilines is 1. The molecule has 5 heteroatoms. The van der Waals surface area contributed by atoms with E-state index in [1.165, 1.54) is 17.0 Å². The molecule has 0 saturated heterocycles. The number of hydrogen-bond acceptors (Lipinski definition) is 3. The molecule has 21 heavy (non-hydrogen) atoms. The summed E-state index contributed by atoms with van der Waals surface area (Å²) < 4.78 is 0. The molecule has 3 rings (SSSR count). The smallest absolute Gasteiger partial charge is 0.327 e. The number of phenolic OH excluding ortho intramolecular Hbond substituents is 1. The first-order chi connectivity index (χ1) is 10.1. The molecule has 1 atom stereocenters. The molecule has 0 aliphatic carbocycles. The summed E-state index contributed by atoms with van der Waals surface area (Å²) in [7, 11) is 0. The Hall–Kier alpha value is -2.82. The number of hydrogen-bond donors (Lipinski definition) is 2. The van der Waals surface area contributed by atoms with Gasteiger partial charge < -0.3 is 10.2 Å². The van der Waals surface area contributed by atoms with Crippen LogP contribution in [-0.4, -0.2) is 28.1 Å². The highest BCUT2D eigenvalue weighted by atomic mass is 16.4. The summed E-state index contributed by atoms with van der Waals surface area (Å²) in [4.78, 5) is 25.4. The number of amides is 1. The predicted molar refractivity (Wildman–Crippen MR) is 76.5 cm³/mol. The molecule has 0 fully saturated rings. The van der Waals surface area contributed by atoms with Crippen molar-refractivity contribution in [3.63, 3.8) is 0 Å². The number of carboxylic acids is 1. The zero-order valence-corrected chi connectivity index (χ0v) is 11.1. The summed E-state index contributed by atoms with van der Waals surface area (Å²) in [5.41, 5.74) is 1.70. The zero-order valence-electron chi connectivity index (χ0n) is 11.1. The summed E-state index contributed by atoms with van der Waals surface area (Å²) >= 11 is 0. The number of carboxylic acid groups (broad SMARTS) is 1. The van der Waals surface area contributed by atoms with Crippen LogP contribution in [-0.2, 0) is 11.2 Å². The third-order valence-corrected chi connectivity index (χ3v) is 3.57. The number of fused-ring (bicyclic) bond motifs is 1. The van der Waals surface area contributed by atoms with E-state index in [0.29, 0.717) is 5.69 Å².